The first-order valence-corrected chi connectivity index (χ1v) is 12.6. The molecule has 1 heterocycles. The van der Waals surface area contributed by atoms with Crippen molar-refractivity contribution in [2.45, 2.75) is 51.9 Å². The second-order valence-corrected chi connectivity index (χ2v) is 13.4. The van der Waals surface area contributed by atoms with Gasteiger partial charge in [-0.15, -0.1) is 0 Å². The summed E-state index contributed by atoms with van der Waals surface area (Å²) in [6.45, 7) is 11.7. The molecule has 2 aromatic carbocycles. The fraction of sp³-hybridized carbons (Fsp3) is 0.409. The maximum atomic E-state index is 12.6. The van der Waals surface area contributed by atoms with Gasteiger partial charge in [0.25, 0.3) is 8.32 Å². The highest BCUT2D eigenvalue weighted by atomic mass is 28.4. The van der Waals surface area contributed by atoms with Crippen LogP contribution in [0.5, 0.6) is 11.5 Å². The van der Waals surface area contributed by atoms with Crippen molar-refractivity contribution in [3.8, 4) is 11.5 Å². The molecule has 0 aliphatic carbocycles. The van der Waals surface area contributed by atoms with Crippen molar-refractivity contribution in [2.24, 2.45) is 0 Å². The van der Waals surface area contributed by atoms with Gasteiger partial charge in [-0.1, -0.05) is 39.0 Å². The average molecular weight is 399 g/mol. The Labute approximate surface area is 167 Å². The lowest BCUT2D eigenvalue weighted by Crippen LogP contribution is -2.44. The van der Waals surface area contributed by atoms with Gasteiger partial charge in [0.05, 0.1) is 12.6 Å². The van der Waals surface area contributed by atoms with E-state index < -0.39 is 8.32 Å². The number of aromatic nitrogens is 2. The molecule has 0 aliphatic heterocycles. The summed E-state index contributed by atoms with van der Waals surface area (Å²) >= 11 is 0. The van der Waals surface area contributed by atoms with E-state index in [1.807, 2.05) is 42.5 Å². The Hall–Kier alpha value is -2.47. The van der Waals surface area contributed by atoms with Crippen molar-refractivity contribution in [2.75, 3.05) is 7.11 Å². The molecule has 0 atom stereocenters. The Balaban J connectivity index is 1.94. The lowest BCUT2D eigenvalue weighted by atomic mass is 10.1. The number of ether oxygens (including phenoxy) is 1. The first kappa shape index (κ1) is 20.3. The van der Waals surface area contributed by atoms with Crippen molar-refractivity contribution in [3.63, 3.8) is 0 Å². The van der Waals surface area contributed by atoms with Crippen LogP contribution in [0.15, 0.2) is 47.3 Å². The van der Waals surface area contributed by atoms with Crippen LogP contribution in [0.25, 0.3) is 11.0 Å². The van der Waals surface area contributed by atoms with E-state index in [9.17, 15) is 4.79 Å². The quantitative estimate of drug-likeness (QED) is 0.597. The molecular formula is C22H30N2O3Si. The SMILES string of the molecule is COc1ccc(CCn2c(=O)[nH]c3cccc(O[Si](C)(C)C(C)(C)C)c32)cc1. The molecule has 0 saturated heterocycles. The number of hydrogen-bond donors (Lipinski definition) is 1. The summed E-state index contributed by atoms with van der Waals surface area (Å²) in [6.07, 6.45) is 0.755. The number of imidazole rings is 1. The van der Waals surface area contributed by atoms with Gasteiger partial charge < -0.3 is 14.1 Å². The van der Waals surface area contributed by atoms with Crippen molar-refractivity contribution in [3.05, 3.63) is 58.5 Å². The zero-order chi connectivity index (χ0) is 20.5. The van der Waals surface area contributed by atoms with Gasteiger partial charge in [-0.05, 0) is 54.4 Å². The molecule has 3 aromatic rings. The third-order valence-electron chi connectivity index (χ3n) is 5.71. The third kappa shape index (κ3) is 4.02. The summed E-state index contributed by atoms with van der Waals surface area (Å²) in [5.41, 5.74) is 2.72. The topological polar surface area (TPSA) is 56.2 Å². The molecule has 0 saturated carbocycles. The predicted octanol–water partition coefficient (Wildman–Crippen LogP) is 4.96. The Kier molecular flexibility index (Phi) is 5.43. The van der Waals surface area contributed by atoms with Gasteiger partial charge in [0.15, 0.2) is 0 Å². The lowest BCUT2D eigenvalue weighted by Gasteiger charge is -2.36. The number of para-hydroxylation sites is 1. The molecule has 0 amide bonds. The van der Waals surface area contributed by atoms with Crippen LogP contribution in [-0.4, -0.2) is 25.0 Å². The molecular weight excluding hydrogens is 368 g/mol. The standard InChI is InChI=1S/C22H30N2O3Si/c1-22(2,3)28(5,6)27-19-9-7-8-18-20(19)24(21(25)23-18)15-14-16-10-12-17(26-4)13-11-16/h7-13H,14-15H2,1-6H3,(H,23,25). The summed E-state index contributed by atoms with van der Waals surface area (Å²) in [5.74, 6) is 1.62. The van der Waals surface area contributed by atoms with Crippen molar-refractivity contribution >= 4 is 19.4 Å². The number of methoxy groups -OCH3 is 1. The van der Waals surface area contributed by atoms with Crippen LogP contribution in [0.3, 0.4) is 0 Å². The fourth-order valence-corrected chi connectivity index (χ4v) is 3.96. The second-order valence-electron chi connectivity index (χ2n) is 8.69. The minimum absolute atomic E-state index is 0.0830. The predicted molar refractivity (Wildman–Crippen MR) is 117 cm³/mol. The minimum atomic E-state index is -2.02. The number of benzene rings is 2. The van der Waals surface area contributed by atoms with Crippen LogP contribution in [0.2, 0.25) is 18.1 Å². The molecule has 28 heavy (non-hydrogen) atoms. The first-order chi connectivity index (χ1) is 13.1. The zero-order valence-electron chi connectivity index (χ0n) is 17.6. The molecule has 0 bridgehead atoms. The number of aromatic amines is 1. The van der Waals surface area contributed by atoms with Crippen molar-refractivity contribution < 1.29 is 9.16 Å². The van der Waals surface area contributed by atoms with Gasteiger partial charge in [-0.2, -0.15) is 0 Å². The molecule has 6 heteroatoms. The number of fused-ring (bicyclic) bond motifs is 1. The number of rotatable bonds is 6. The van der Waals surface area contributed by atoms with Crippen LogP contribution in [0.1, 0.15) is 26.3 Å². The number of nitrogens with one attached hydrogen (secondary N) is 1. The first-order valence-electron chi connectivity index (χ1n) is 9.66. The number of aryl methyl sites for hydroxylation is 2. The molecule has 1 aromatic heterocycles. The molecule has 1 N–H and O–H groups in total. The van der Waals surface area contributed by atoms with E-state index in [1.54, 1.807) is 11.7 Å². The Morgan fingerprint density at radius 1 is 1.07 bits per heavy atom. The molecule has 0 radical (unpaired) electrons. The Bertz CT molecular complexity index is 1010. The Morgan fingerprint density at radius 3 is 2.36 bits per heavy atom. The normalized spacial score (nSPS) is 12.4. The largest absolute Gasteiger partial charge is 0.542 e. The van der Waals surface area contributed by atoms with E-state index in [-0.39, 0.29) is 10.7 Å². The second kappa shape index (κ2) is 7.51. The van der Waals surface area contributed by atoms with Crippen LogP contribution < -0.4 is 14.9 Å². The van der Waals surface area contributed by atoms with Gasteiger partial charge >= 0.3 is 5.69 Å². The molecule has 3 rings (SSSR count). The fourth-order valence-electron chi connectivity index (χ4n) is 2.94. The van der Waals surface area contributed by atoms with Crippen LogP contribution in [0, 0.1) is 0 Å². The molecule has 0 fully saturated rings. The third-order valence-corrected chi connectivity index (χ3v) is 10.1. The van der Waals surface area contributed by atoms with E-state index in [0.717, 1.165) is 34.5 Å². The van der Waals surface area contributed by atoms with Crippen LogP contribution in [-0.2, 0) is 13.0 Å². The maximum absolute atomic E-state index is 12.6. The van der Waals surface area contributed by atoms with Gasteiger partial charge in [0.1, 0.15) is 17.0 Å². The summed E-state index contributed by atoms with van der Waals surface area (Å²) < 4.78 is 13.6. The van der Waals surface area contributed by atoms with E-state index >= 15 is 0 Å². The van der Waals surface area contributed by atoms with E-state index in [2.05, 4.69) is 38.8 Å². The summed E-state index contributed by atoms with van der Waals surface area (Å²) in [7, 11) is -0.360. The highest BCUT2D eigenvalue weighted by Gasteiger charge is 2.39. The van der Waals surface area contributed by atoms with Gasteiger partial charge in [-0.3, -0.25) is 4.57 Å². The van der Waals surface area contributed by atoms with Gasteiger partial charge in [-0.25, -0.2) is 4.79 Å². The number of nitrogens with zero attached hydrogens (tertiary/aromatic N) is 1. The van der Waals surface area contributed by atoms with Gasteiger partial charge in [0.2, 0.25) is 0 Å². The summed E-state index contributed by atoms with van der Waals surface area (Å²) in [4.78, 5) is 15.6. The van der Waals surface area contributed by atoms with E-state index in [1.165, 1.54) is 0 Å². The molecule has 0 spiro atoms. The van der Waals surface area contributed by atoms with Crippen LogP contribution in [0.4, 0.5) is 0 Å². The highest BCUT2D eigenvalue weighted by Crippen LogP contribution is 2.38. The number of hydrogen-bond acceptors (Lipinski definition) is 3. The highest BCUT2D eigenvalue weighted by molar-refractivity contribution is 6.74. The summed E-state index contributed by atoms with van der Waals surface area (Å²) in [5, 5.41) is 0.0830. The average Bonchev–Trinajstić information content (AvgIpc) is 2.95. The molecule has 0 aliphatic rings. The Morgan fingerprint density at radius 2 is 1.75 bits per heavy atom. The summed E-state index contributed by atoms with van der Waals surface area (Å²) in [6, 6.07) is 13.8. The molecule has 5 nitrogen and oxygen atoms in total. The maximum Gasteiger partial charge on any atom is 0.326 e. The lowest BCUT2D eigenvalue weighted by molar-refractivity contribution is 0.414. The minimum Gasteiger partial charge on any atom is -0.542 e. The molecule has 150 valence electrons. The smallest absolute Gasteiger partial charge is 0.326 e. The number of H-pyrrole nitrogens is 1. The van der Waals surface area contributed by atoms with E-state index in [4.69, 9.17) is 9.16 Å². The molecule has 0 unspecified atom stereocenters. The monoisotopic (exact) mass is 398 g/mol. The van der Waals surface area contributed by atoms with Crippen molar-refractivity contribution in [1.29, 1.82) is 0 Å². The zero-order valence-corrected chi connectivity index (χ0v) is 18.6. The van der Waals surface area contributed by atoms with Crippen LogP contribution >= 0.6 is 0 Å². The van der Waals surface area contributed by atoms with Crippen molar-refractivity contribution in [1.82, 2.24) is 9.55 Å². The van der Waals surface area contributed by atoms with E-state index in [0.29, 0.717) is 6.54 Å². The van der Waals surface area contributed by atoms with Gasteiger partial charge in [0, 0.05) is 6.54 Å².